The van der Waals surface area contributed by atoms with Gasteiger partial charge in [0.2, 0.25) is 0 Å². The zero-order valence-corrected chi connectivity index (χ0v) is 10.3. The van der Waals surface area contributed by atoms with E-state index in [9.17, 15) is 0 Å². The molecule has 4 atom stereocenters. The summed E-state index contributed by atoms with van der Waals surface area (Å²) in [4.78, 5) is 1.34. The Hall–Kier alpha value is 0.180. The van der Waals surface area contributed by atoms with Gasteiger partial charge in [-0.15, -0.1) is 0 Å². The summed E-state index contributed by atoms with van der Waals surface area (Å²) in [6, 6.07) is 8.87. The van der Waals surface area contributed by atoms with Gasteiger partial charge in [-0.25, -0.2) is 0 Å². The van der Waals surface area contributed by atoms with Crippen molar-refractivity contribution in [2.75, 3.05) is 0 Å². The average molecular weight is 302 g/mol. The lowest BCUT2D eigenvalue weighted by Gasteiger charge is -2.18. The average Bonchev–Trinajstić information content (AvgIpc) is 2.56. The second-order valence-electron chi connectivity index (χ2n) is 3.96. The van der Waals surface area contributed by atoms with E-state index >= 15 is 0 Å². The van der Waals surface area contributed by atoms with Crippen molar-refractivity contribution < 1.29 is 0 Å². The predicted molar refractivity (Wildman–Crippen MR) is 62.0 cm³/mol. The summed E-state index contributed by atoms with van der Waals surface area (Å²) < 4.78 is 0. The maximum absolute atomic E-state index is 3.82. The smallest absolute Gasteiger partial charge is 0.0294 e. The maximum atomic E-state index is 3.82. The Labute approximate surface area is 95.0 Å². The van der Waals surface area contributed by atoms with Crippen LogP contribution in [-0.2, 0) is 0 Å². The Kier molecular flexibility index (Phi) is 1.85. The molecule has 2 aliphatic rings. The van der Waals surface area contributed by atoms with E-state index in [0.717, 1.165) is 5.92 Å². The van der Waals surface area contributed by atoms with Gasteiger partial charge in [-0.3, -0.25) is 0 Å². The molecule has 1 aromatic carbocycles. The highest BCUT2D eigenvalue weighted by atomic mass is 79.9. The first-order valence-electron chi connectivity index (χ1n) is 4.66. The van der Waals surface area contributed by atoms with Crippen molar-refractivity contribution in [1.82, 2.24) is 0 Å². The van der Waals surface area contributed by atoms with Gasteiger partial charge in [0.25, 0.3) is 0 Å². The molecule has 1 aromatic rings. The molecule has 1 saturated carbocycles. The molecule has 68 valence electrons. The van der Waals surface area contributed by atoms with Gasteiger partial charge in [-0.05, 0) is 23.5 Å². The number of halogens is 2. The number of rotatable bonds is 0. The van der Waals surface area contributed by atoms with E-state index in [1.165, 1.54) is 6.42 Å². The molecule has 0 nitrogen and oxygen atoms in total. The molecule has 0 saturated heterocycles. The molecule has 0 aromatic heterocycles. The van der Waals surface area contributed by atoms with E-state index < -0.39 is 0 Å². The Morgan fingerprint density at radius 1 is 1.08 bits per heavy atom. The first-order valence-corrected chi connectivity index (χ1v) is 6.49. The Morgan fingerprint density at radius 2 is 1.77 bits per heavy atom. The third kappa shape index (κ3) is 1.02. The maximum Gasteiger partial charge on any atom is 0.0294 e. The van der Waals surface area contributed by atoms with Crippen LogP contribution in [0.25, 0.3) is 0 Å². The van der Waals surface area contributed by atoms with E-state index in [-0.39, 0.29) is 0 Å². The van der Waals surface area contributed by atoms with E-state index in [0.29, 0.717) is 15.6 Å². The Balaban J connectivity index is 2.18. The molecule has 1 fully saturated rings. The lowest BCUT2D eigenvalue weighted by Crippen LogP contribution is -2.10. The molecule has 0 heterocycles. The largest absolute Gasteiger partial charge is 0.0883 e. The number of hydrogen-bond acceptors (Lipinski definition) is 0. The minimum Gasteiger partial charge on any atom is -0.0883 e. The van der Waals surface area contributed by atoms with Gasteiger partial charge >= 0.3 is 0 Å². The van der Waals surface area contributed by atoms with Crippen LogP contribution in [0.1, 0.15) is 29.4 Å². The van der Waals surface area contributed by atoms with Crippen molar-refractivity contribution in [2.45, 2.75) is 27.9 Å². The first-order chi connectivity index (χ1) is 6.29. The minimum atomic E-state index is 0.661. The van der Waals surface area contributed by atoms with E-state index in [1.807, 2.05) is 0 Å². The molecular formula is C11H10Br2. The standard InChI is InChI=1S/C11H10Br2/c12-9-5-8-6-3-1-2-4-7(6)10(9)11(8)13/h1-4,8-11H,5H2. The molecule has 0 amide bonds. The van der Waals surface area contributed by atoms with E-state index in [2.05, 4.69) is 56.1 Å². The second-order valence-corrected chi connectivity index (χ2v) is 6.19. The number of benzene rings is 1. The van der Waals surface area contributed by atoms with Gasteiger partial charge < -0.3 is 0 Å². The summed E-state index contributed by atoms with van der Waals surface area (Å²) in [6.07, 6.45) is 1.29. The summed E-state index contributed by atoms with van der Waals surface area (Å²) in [5.41, 5.74) is 3.13. The third-order valence-electron chi connectivity index (χ3n) is 3.35. The van der Waals surface area contributed by atoms with Crippen LogP contribution in [-0.4, -0.2) is 9.65 Å². The summed E-state index contributed by atoms with van der Waals surface area (Å²) >= 11 is 7.60. The fourth-order valence-electron chi connectivity index (χ4n) is 2.79. The molecule has 3 rings (SSSR count). The zero-order chi connectivity index (χ0) is 9.00. The normalized spacial score (nSPS) is 40.8. The van der Waals surface area contributed by atoms with Crippen molar-refractivity contribution in [2.24, 2.45) is 0 Å². The van der Waals surface area contributed by atoms with Crippen molar-refractivity contribution in [1.29, 1.82) is 0 Å². The predicted octanol–water partition coefficient (Wildman–Crippen LogP) is 3.80. The van der Waals surface area contributed by atoms with Gasteiger partial charge in [0, 0.05) is 15.6 Å². The lowest BCUT2D eigenvalue weighted by atomic mass is 9.92. The van der Waals surface area contributed by atoms with Crippen LogP contribution in [0.5, 0.6) is 0 Å². The number of fused-ring (bicyclic) bond motifs is 5. The summed E-state index contributed by atoms with van der Waals surface area (Å²) in [6.45, 7) is 0. The molecule has 2 aliphatic carbocycles. The quantitative estimate of drug-likeness (QED) is 0.640. The molecule has 0 N–H and O–H groups in total. The van der Waals surface area contributed by atoms with Crippen molar-refractivity contribution in [3.05, 3.63) is 35.4 Å². The lowest BCUT2D eigenvalue weighted by molar-refractivity contribution is 0.743. The van der Waals surface area contributed by atoms with Crippen molar-refractivity contribution in [3.63, 3.8) is 0 Å². The van der Waals surface area contributed by atoms with Gasteiger partial charge in [-0.2, -0.15) is 0 Å². The Morgan fingerprint density at radius 3 is 2.54 bits per heavy atom. The molecule has 4 unspecified atom stereocenters. The SMILES string of the molecule is BrC1CC2c3ccccc3C1C2Br. The monoisotopic (exact) mass is 300 g/mol. The summed E-state index contributed by atoms with van der Waals surface area (Å²) in [7, 11) is 0. The third-order valence-corrected chi connectivity index (χ3v) is 5.50. The van der Waals surface area contributed by atoms with Crippen LogP contribution < -0.4 is 0 Å². The van der Waals surface area contributed by atoms with Crippen LogP contribution in [0.4, 0.5) is 0 Å². The molecule has 0 aliphatic heterocycles. The fourth-order valence-corrected chi connectivity index (χ4v) is 5.37. The number of hydrogen-bond donors (Lipinski definition) is 0. The Bertz CT molecular complexity index is 348. The summed E-state index contributed by atoms with van der Waals surface area (Å²) in [5, 5.41) is 0. The highest BCUT2D eigenvalue weighted by Gasteiger charge is 2.49. The van der Waals surface area contributed by atoms with Crippen molar-refractivity contribution in [3.8, 4) is 0 Å². The van der Waals surface area contributed by atoms with E-state index in [4.69, 9.17) is 0 Å². The van der Waals surface area contributed by atoms with Gasteiger partial charge in [-0.1, -0.05) is 56.1 Å². The van der Waals surface area contributed by atoms with Crippen molar-refractivity contribution >= 4 is 31.9 Å². The summed E-state index contributed by atoms with van der Waals surface area (Å²) in [5.74, 6) is 1.44. The molecule has 2 heteroatoms. The van der Waals surface area contributed by atoms with Gasteiger partial charge in [0.1, 0.15) is 0 Å². The van der Waals surface area contributed by atoms with E-state index in [1.54, 1.807) is 11.1 Å². The number of alkyl halides is 2. The van der Waals surface area contributed by atoms with Gasteiger partial charge in [0.15, 0.2) is 0 Å². The topological polar surface area (TPSA) is 0 Å². The molecule has 0 radical (unpaired) electrons. The molecular weight excluding hydrogens is 292 g/mol. The molecule has 2 bridgehead atoms. The fraction of sp³-hybridized carbons (Fsp3) is 0.455. The second kappa shape index (κ2) is 2.83. The molecule has 0 spiro atoms. The van der Waals surface area contributed by atoms with Crippen LogP contribution >= 0.6 is 31.9 Å². The highest BCUT2D eigenvalue weighted by Crippen LogP contribution is 2.58. The van der Waals surface area contributed by atoms with Crippen LogP contribution in [0.2, 0.25) is 0 Å². The zero-order valence-electron chi connectivity index (χ0n) is 7.08. The van der Waals surface area contributed by atoms with Crippen LogP contribution in [0.3, 0.4) is 0 Å². The first kappa shape index (κ1) is 8.49. The minimum absolute atomic E-state index is 0.661. The van der Waals surface area contributed by atoms with Gasteiger partial charge in [0.05, 0.1) is 0 Å². The highest BCUT2D eigenvalue weighted by molar-refractivity contribution is 9.10. The van der Waals surface area contributed by atoms with Crippen LogP contribution in [0, 0.1) is 0 Å². The van der Waals surface area contributed by atoms with Crippen LogP contribution in [0.15, 0.2) is 24.3 Å². The molecule has 13 heavy (non-hydrogen) atoms.